The molecule has 0 aliphatic carbocycles. The lowest BCUT2D eigenvalue weighted by atomic mass is 9.73. The van der Waals surface area contributed by atoms with Crippen LogP contribution >= 0.6 is 11.8 Å². The quantitative estimate of drug-likeness (QED) is 0.742. The third-order valence-electron chi connectivity index (χ3n) is 6.17. The zero-order chi connectivity index (χ0) is 20.1. The highest BCUT2D eigenvalue weighted by atomic mass is 32.2. The summed E-state index contributed by atoms with van der Waals surface area (Å²) in [5.41, 5.74) is 2.39. The predicted molar refractivity (Wildman–Crippen MR) is 119 cm³/mol. The van der Waals surface area contributed by atoms with Crippen LogP contribution in [0.4, 0.5) is 10.5 Å². The average molecular weight is 411 g/mol. The summed E-state index contributed by atoms with van der Waals surface area (Å²) in [5, 5.41) is 3.15. The first-order valence-electron chi connectivity index (χ1n) is 10.5. The number of carbonyl (C=O) groups excluding carboxylic acids is 1. The van der Waals surface area contributed by atoms with E-state index < -0.39 is 0 Å². The number of pyridine rings is 1. The van der Waals surface area contributed by atoms with Gasteiger partial charge in [-0.15, -0.1) is 11.8 Å². The van der Waals surface area contributed by atoms with E-state index in [1.807, 2.05) is 47.8 Å². The standard InChI is InChI=1S/C23H30N4OS/c1-29-21-9-3-2-8-20(21)25-22(28)27-14-6-11-23(18-27)10-5-13-26(17-23)16-19-7-4-12-24-15-19/h2-4,7-9,12,15H,5-6,10-11,13-14,16-18H2,1H3,(H,25,28). The molecule has 1 unspecified atom stereocenters. The second-order valence-corrected chi connectivity index (χ2v) is 9.18. The highest BCUT2D eigenvalue weighted by Crippen LogP contribution is 2.39. The number of piperidine rings is 2. The van der Waals surface area contributed by atoms with Gasteiger partial charge in [0.2, 0.25) is 0 Å². The van der Waals surface area contributed by atoms with Crippen LogP contribution in [0, 0.1) is 5.41 Å². The van der Waals surface area contributed by atoms with Crippen LogP contribution in [-0.2, 0) is 6.54 Å². The van der Waals surface area contributed by atoms with Crippen molar-refractivity contribution in [2.75, 3.05) is 37.8 Å². The van der Waals surface area contributed by atoms with E-state index in [0.29, 0.717) is 0 Å². The van der Waals surface area contributed by atoms with Crippen LogP contribution in [0.1, 0.15) is 31.2 Å². The van der Waals surface area contributed by atoms with Crippen LogP contribution < -0.4 is 5.32 Å². The van der Waals surface area contributed by atoms with Crippen molar-refractivity contribution in [3.8, 4) is 0 Å². The topological polar surface area (TPSA) is 48.5 Å². The van der Waals surface area contributed by atoms with Gasteiger partial charge in [0, 0.05) is 48.9 Å². The summed E-state index contributed by atoms with van der Waals surface area (Å²) in [7, 11) is 0. The first-order chi connectivity index (χ1) is 14.2. The van der Waals surface area contributed by atoms with Crippen molar-refractivity contribution < 1.29 is 4.79 Å². The molecule has 154 valence electrons. The molecule has 0 bridgehead atoms. The van der Waals surface area contributed by atoms with Gasteiger partial charge in [-0.05, 0) is 62.2 Å². The molecule has 1 aromatic carbocycles. The van der Waals surface area contributed by atoms with Crippen LogP contribution in [0.2, 0.25) is 0 Å². The molecular formula is C23H30N4OS. The fourth-order valence-corrected chi connectivity index (χ4v) is 5.41. The van der Waals surface area contributed by atoms with Crippen LogP contribution in [0.3, 0.4) is 0 Å². The number of urea groups is 1. The highest BCUT2D eigenvalue weighted by Gasteiger charge is 2.40. The largest absolute Gasteiger partial charge is 0.324 e. The molecule has 0 radical (unpaired) electrons. The number of para-hydroxylation sites is 1. The number of thioether (sulfide) groups is 1. The fraction of sp³-hybridized carbons (Fsp3) is 0.478. The number of aromatic nitrogens is 1. The maximum atomic E-state index is 13.0. The summed E-state index contributed by atoms with van der Waals surface area (Å²) in [4.78, 5) is 23.0. The van der Waals surface area contributed by atoms with E-state index >= 15 is 0 Å². The average Bonchev–Trinajstić information content (AvgIpc) is 2.75. The van der Waals surface area contributed by atoms with E-state index in [9.17, 15) is 4.79 Å². The molecule has 6 heteroatoms. The zero-order valence-electron chi connectivity index (χ0n) is 17.1. The van der Waals surface area contributed by atoms with E-state index in [1.54, 1.807) is 11.8 Å². The van der Waals surface area contributed by atoms with Crippen LogP contribution in [0.5, 0.6) is 0 Å². The molecular weight excluding hydrogens is 380 g/mol. The van der Waals surface area contributed by atoms with Gasteiger partial charge in [-0.3, -0.25) is 9.88 Å². The molecule has 1 aromatic heterocycles. The third kappa shape index (κ3) is 4.93. The third-order valence-corrected chi connectivity index (χ3v) is 6.96. The summed E-state index contributed by atoms with van der Waals surface area (Å²) in [6.07, 6.45) is 10.5. The summed E-state index contributed by atoms with van der Waals surface area (Å²) in [6.45, 7) is 4.83. The maximum Gasteiger partial charge on any atom is 0.321 e. The van der Waals surface area contributed by atoms with Gasteiger partial charge in [0.1, 0.15) is 0 Å². The lowest BCUT2D eigenvalue weighted by Crippen LogP contribution is -2.54. The highest BCUT2D eigenvalue weighted by molar-refractivity contribution is 7.98. The Labute approximate surface area is 177 Å². The number of hydrogen-bond donors (Lipinski definition) is 1. The molecule has 2 amide bonds. The van der Waals surface area contributed by atoms with E-state index in [1.165, 1.54) is 24.8 Å². The Morgan fingerprint density at radius 1 is 1.14 bits per heavy atom. The molecule has 2 saturated heterocycles. The van der Waals surface area contributed by atoms with Crippen molar-refractivity contribution in [3.63, 3.8) is 0 Å². The molecule has 2 fully saturated rings. The predicted octanol–water partition coefficient (Wildman–Crippen LogP) is 4.71. The number of nitrogens with zero attached hydrogens (tertiary/aromatic N) is 3. The number of anilines is 1. The smallest absolute Gasteiger partial charge is 0.321 e. The minimum Gasteiger partial charge on any atom is -0.324 e. The minimum atomic E-state index is 0.0370. The van der Waals surface area contributed by atoms with Gasteiger partial charge in [-0.25, -0.2) is 4.79 Å². The number of rotatable bonds is 4. The monoisotopic (exact) mass is 410 g/mol. The van der Waals surface area contributed by atoms with Crippen LogP contribution in [0.15, 0.2) is 53.7 Å². The lowest BCUT2D eigenvalue weighted by Gasteiger charge is -2.48. The molecule has 4 rings (SSSR count). The molecule has 2 aliphatic rings. The van der Waals surface area contributed by atoms with Crippen molar-refractivity contribution in [1.82, 2.24) is 14.8 Å². The fourth-order valence-electron chi connectivity index (χ4n) is 4.85. The van der Waals surface area contributed by atoms with Gasteiger partial charge in [0.15, 0.2) is 0 Å². The van der Waals surface area contributed by atoms with E-state index in [-0.39, 0.29) is 11.4 Å². The summed E-state index contributed by atoms with van der Waals surface area (Å²) < 4.78 is 0. The second kappa shape index (κ2) is 9.18. The Bertz CT molecular complexity index is 827. The number of nitrogens with one attached hydrogen (secondary N) is 1. The van der Waals surface area contributed by atoms with Crippen LogP contribution in [-0.4, -0.2) is 53.2 Å². The summed E-state index contributed by atoms with van der Waals surface area (Å²) in [6, 6.07) is 12.2. The lowest BCUT2D eigenvalue weighted by molar-refractivity contribution is 0.0255. The molecule has 1 spiro atoms. The number of carbonyl (C=O) groups is 1. The molecule has 3 heterocycles. The molecule has 2 aromatic rings. The van der Waals surface area contributed by atoms with Gasteiger partial charge in [-0.2, -0.15) is 0 Å². The Morgan fingerprint density at radius 2 is 1.97 bits per heavy atom. The molecule has 0 saturated carbocycles. The molecule has 1 N–H and O–H groups in total. The number of likely N-dealkylation sites (tertiary alicyclic amines) is 2. The molecule has 29 heavy (non-hydrogen) atoms. The first-order valence-corrected chi connectivity index (χ1v) is 11.7. The minimum absolute atomic E-state index is 0.0370. The Morgan fingerprint density at radius 3 is 2.76 bits per heavy atom. The van der Waals surface area contributed by atoms with E-state index in [4.69, 9.17) is 0 Å². The van der Waals surface area contributed by atoms with Gasteiger partial charge in [0.25, 0.3) is 0 Å². The maximum absolute atomic E-state index is 13.0. The van der Waals surface area contributed by atoms with Gasteiger partial charge < -0.3 is 10.2 Å². The van der Waals surface area contributed by atoms with E-state index in [2.05, 4.69) is 27.3 Å². The van der Waals surface area contributed by atoms with Crippen molar-refractivity contribution in [2.45, 2.75) is 37.1 Å². The van der Waals surface area contributed by atoms with Crippen molar-refractivity contribution in [3.05, 3.63) is 54.4 Å². The van der Waals surface area contributed by atoms with Crippen molar-refractivity contribution in [2.24, 2.45) is 5.41 Å². The van der Waals surface area contributed by atoms with Crippen molar-refractivity contribution >= 4 is 23.5 Å². The van der Waals surface area contributed by atoms with Crippen LogP contribution in [0.25, 0.3) is 0 Å². The summed E-state index contributed by atoms with van der Waals surface area (Å²) >= 11 is 1.66. The van der Waals surface area contributed by atoms with E-state index in [0.717, 1.165) is 49.7 Å². The van der Waals surface area contributed by atoms with Gasteiger partial charge in [0.05, 0.1) is 5.69 Å². The SMILES string of the molecule is CSc1ccccc1NC(=O)N1CCCC2(CCCN(Cc3cccnc3)C2)C1. The normalized spacial score (nSPS) is 22.6. The number of hydrogen-bond acceptors (Lipinski definition) is 4. The van der Waals surface area contributed by atoms with Crippen molar-refractivity contribution in [1.29, 1.82) is 0 Å². The second-order valence-electron chi connectivity index (χ2n) is 8.33. The first kappa shape index (κ1) is 20.2. The summed E-state index contributed by atoms with van der Waals surface area (Å²) in [5.74, 6) is 0. The molecule has 5 nitrogen and oxygen atoms in total. The Balaban J connectivity index is 1.41. The zero-order valence-corrected chi connectivity index (χ0v) is 18.0. The molecule has 2 aliphatic heterocycles. The number of amides is 2. The Kier molecular flexibility index (Phi) is 6.40. The van der Waals surface area contributed by atoms with Gasteiger partial charge >= 0.3 is 6.03 Å². The number of benzene rings is 1. The molecule has 1 atom stereocenters. The Hall–Kier alpha value is -2.05. The van der Waals surface area contributed by atoms with Gasteiger partial charge in [-0.1, -0.05) is 18.2 Å².